The second-order valence-corrected chi connectivity index (χ2v) is 9.67. The third-order valence-corrected chi connectivity index (χ3v) is 6.53. The van der Waals surface area contributed by atoms with Gasteiger partial charge in [0.05, 0.1) is 31.0 Å². The van der Waals surface area contributed by atoms with Gasteiger partial charge in [0.15, 0.2) is 14.9 Å². The number of sulfone groups is 1. The van der Waals surface area contributed by atoms with Gasteiger partial charge in [-0.3, -0.25) is 20.0 Å². The number of aromatic nitrogens is 1. The highest BCUT2D eigenvalue weighted by Crippen LogP contribution is 2.32. The number of benzene rings is 1. The Balaban J connectivity index is 1.43. The van der Waals surface area contributed by atoms with Crippen LogP contribution in [0.3, 0.4) is 0 Å². The molecule has 1 N–H and O–H groups in total. The molecule has 1 aromatic heterocycles. The number of anilines is 1. The Bertz CT molecular complexity index is 1230. The lowest BCUT2D eigenvalue weighted by Gasteiger charge is -2.31. The van der Waals surface area contributed by atoms with Crippen molar-refractivity contribution in [3.63, 3.8) is 0 Å². The summed E-state index contributed by atoms with van der Waals surface area (Å²) in [5.74, 6) is 0.754. The summed E-state index contributed by atoms with van der Waals surface area (Å²) in [7, 11) is -3.43. The molecule has 1 amide bonds. The second-order valence-electron chi connectivity index (χ2n) is 7.70. The van der Waals surface area contributed by atoms with E-state index in [0.717, 1.165) is 42.1 Å². The number of nitrogens with zero attached hydrogens (tertiary/aromatic N) is 5. The number of hydrogen-bond donors (Lipinski definition) is 1. The van der Waals surface area contributed by atoms with Gasteiger partial charge in [-0.2, -0.15) is 0 Å². The lowest BCUT2D eigenvalue weighted by molar-refractivity contribution is 0.0973. The van der Waals surface area contributed by atoms with Gasteiger partial charge >= 0.3 is 0 Å². The van der Waals surface area contributed by atoms with Crippen molar-refractivity contribution in [2.24, 2.45) is 9.98 Å². The van der Waals surface area contributed by atoms with Gasteiger partial charge in [-0.15, -0.1) is 0 Å². The number of morpholine rings is 1. The van der Waals surface area contributed by atoms with E-state index in [0.29, 0.717) is 32.3 Å². The summed E-state index contributed by atoms with van der Waals surface area (Å²) >= 11 is 0. The summed E-state index contributed by atoms with van der Waals surface area (Å²) in [5, 5.41) is 2.76. The Morgan fingerprint density at radius 1 is 1.12 bits per heavy atom. The van der Waals surface area contributed by atoms with Crippen LogP contribution in [0.5, 0.6) is 0 Å². The average molecular weight is 455 g/mol. The Hall–Kier alpha value is -3.31. The summed E-state index contributed by atoms with van der Waals surface area (Å²) in [5.41, 5.74) is 2.96. The molecule has 0 atom stereocenters. The van der Waals surface area contributed by atoms with Gasteiger partial charge in [0.2, 0.25) is 5.96 Å². The molecule has 3 aliphatic rings. The smallest absolute Gasteiger partial charge is 0.259 e. The lowest BCUT2D eigenvalue weighted by atomic mass is 10.1. The molecule has 32 heavy (non-hydrogen) atoms. The Morgan fingerprint density at radius 3 is 2.66 bits per heavy atom. The first-order valence-corrected chi connectivity index (χ1v) is 12.1. The molecule has 2 aromatic rings. The van der Waals surface area contributed by atoms with Crippen molar-refractivity contribution in [2.75, 3.05) is 50.5 Å². The lowest BCUT2D eigenvalue weighted by Crippen LogP contribution is -2.47. The maximum Gasteiger partial charge on any atom is 0.259 e. The van der Waals surface area contributed by atoms with Crippen LogP contribution in [0.15, 0.2) is 51.5 Å². The molecule has 166 valence electrons. The molecule has 1 saturated heterocycles. The van der Waals surface area contributed by atoms with E-state index in [2.05, 4.69) is 26.3 Å². The fourth-order valence-electron chi connectivity index (χ4n) is 3.88. The molecule has 0 saturated carbocycles. The third kappa shape index (κ3) is 3.84. The Kier molecular flexibility index (Phi) is 5.14. The minimum Gasteiger partial charge on any atom is -0.378 e. The first kappa shape index (κ1) is 20.6. The SMILES string of the molecule is CS(=O)(=O)c1ccc(C(=O)NC2=Nc3cc(N4CCOCC4)ccc3C3=NCCN23)cn1. The molecule has 0 aliphatic carbocycles. The van der Waals surface area contributed by atoms with Crippen LogP contribution in [0.1, 0.15) is 15.9 Å². The second kappa shape index (κ2) is 7.99. The van der Waals surface area contributed by atoms with Gasteiger partial charge in [0.25, 0.3) is 5.91 Å². The molecule has 11 heteroatoms. The molecule has 0 radical (unpaired) electrons. The first-order chi connectivity index (χ1) is 15.4. The molecule has 0 unspecified atom stereocenters. The number of hydrogen-bond acceptors (Lipinski definition) is 9. The van der Waals surface area contributed by atoms with Gasteiger partial charge < -0.3 is 9.64 Å². The normalized spacial score (nSPS) is 17.9. The van der Waals surface area contributed by atoms with Gasteiger partial charge in [0, 0.05) is 43.3 Å². The van der Waals surface area contributed by atoms with Crippen LogP contribution in [-0.4, -0.2) is 81.7 Å². The number of amidine groups is 1. The highest BCUT2D eigenvalue weighted by molar-refractivity contribution is 7.90. The predicted octanol–water partition coefficient (Wildman–Crippen LogP) is 0.815. The highest BCUT2D eigenvalue weighted by Gasteiger charge is 2.31. The highest BCUT2D eigenvalue weighted by atomic mass is 32.2. The largest absolute Gasteiger partial charge is 0.378 e. The fourth-order valence-corrected chi connectivity index (χ4v) is 4.44. The standard InChI is InChI=1S/C21H22N6O4S/c1-32(29,30)18-5-2-14(13-23-18)20(28)25-21-24-17-12-15(26-8-10-31-11-9-26)3-4-16(17)19-22-6-7-27(19)21/h2-5,12-13H,6-11H2,1H3,(H,24,25,28). The van der Waals surface area contributed by atoms with E-state index in [4.69, 9.17) is 9.73 Å². The summed E-state index contributed by atoms with van der Waals surface area (Å²) in [4.78, 5) is 30.2. The number of guanidine groups is 1. The van der Waals surface area contributed by atoms with Crippen molar-refractivity contribution in [1.29, 1.82) is 0 Å². The molecular weight excluding hydrogens is 432 g/mol. The van der Waals surface area contributed by atoms with Gasteiger partial charge in [-0.25, -0.2) is 18.4 Å². The zero-order valence-corrected chi connectivity index (χ0v) is 18.3. The van der Waals surface area contributed by atoms with Crippen molar-refractivity contribution in [3.05, 3.63) is 47.7 Å². The Labute approximate surface area is 185 Å². The zero-order chi connectivity index (χ0) is 22.3. The van der Waals surface area contributed by atoms with E-state index >= 15 is 0 Å². The topological polar surface area (TPSA) is 117 Å². The number of ether oxygens (including phenoxy) is 1. The molecule has 5 rings (SSSR count). The van der Waals surface area contributed by atoms with Crippen LogP contribution in [0, 0.1) is 0 Å². The van der Waals surface area contributed by atoms with E-state index in [1.54, 1.807) is 0 Å². The van der Waals surface area contributed by atoms with Gasteiger partial charge in [-0.1, -0.05) is 0 Å². The molecule has 10 nitrogen and oxygen atoms in total. The van der Waals surface area contributed by atoms with Crippen LogP contribution >= 0.6 is 0 Å². The zero-order valence-electron chi connectivity index (χ0n) is 17.5. The van der Waals surface area contributed by atoms with E-state index in [9.17, 15) is 13.2 Å². The maximum absolute atomic E-state index is 12.8. The van der Waals surface area contributed by atoms with E-state index in [-0.39, 0.29) is 10.6 Å². The molecule has 3 aliphatic heterocycles. The third-order valence-electron chi connectivity index (χ3n) is 5.53. The monoisotopic (exact) mass is 454 g/mol. The molecule has 1 fully saturated rings. The molecule has 1 aromatic carbocycles. The fraction of sp³-hybridized carbons (Fsp3) is 0.333. The predicted molar refractivity (Wildman–Crippen MR) is 119 cm³/mol. The number of fused-ring (bicyclic) bond motifs is 3. The Morgan fingerprint density at radius 2 is 1.94 bits per heavy atom. The molecular formula is C21H22N6O4S. The van der Waals surface area contributed by atoms with Crippen LogP contribution in [0.4, 0.5) is 11.4 Å². The number of amides is 1. The average Bonchev–Trinajstić information content (AvgIpc) is 3.29. The minimum atomic E-state index is -3.43. The molecule has 4 heterocycles. The van der Waals surface area contributed by atoms with Crippen LogP contribution in [0.25, 0.3) is 0 Å². The number of nitrogens with one attached hydrogen (secondary N) is 1. The summed E-state index contributed by atoms with van der Waals surface area (Å²) in [6.07, 6.45) is 2.32. The minimum absolute atomic E-state index is 0.0809. The van der Waals surface area contributed by atoms with Crippen LogP contribution in [-0.2, 0) is 14.6 Å². The van der Waals surface area contributed by atoms with Crippen LogP contribution in [0.2, 0.25) is 0 Å². The summed E-state index contributed by atoms with van der Waals surface area (Å²) < 4.78 is 28.6. The van der Waals surface area contributed by atoms with Gasteiger partial charge in [0.1, 0.15) is 5.84 Å². The molecule has 0 bridgehead atoms. The number of aliphatic imine (C=N–C) groups is 2. The van der Waals surface area contributed by atoms with Crippen molar-refractivity contribution in [3.8, 4) is 0 Å². The summed E-state index contributed by atoms with van der Waals surface area (Å²) in [6, 6.07) is 8.85. The van der Waals surface area contributed by atoms with Crippen molar-refractivity contribution in [1.82, 2.24) is 15.2 Å². The van der Waals surface area contributed by atoms with Crippen LogP contribution < -0.4 is 10.2 Å². The van der Waals surface area contributed by atoms with E-state index < -0.39 is 15.7 Å². The van der Waals surface area contributed by atoms with Crippen molar-refractivity contribution in [2.45, 2.75) is 5.03 Å². The van der Waals surface area contributed by atoms with E-state index in [1.165, 1.54) is 18.3 Å². The molecule has 0 spiro atoms. The summed E-state index contributed by atoms with van der Waals surface area (Å²) in [6.45, 7) is 4.23. The first-order valence-electron chi connectivity index (χ1n) is 10.3. The quantitative estimate of drug-likeness (QED) is 0.730. The number of rotatable bonds is 3. The number of pyridine rings is 1. The van der Waals surface area contributed by atoms with Crippen molar-refractivity contribution >= 4 is 38.9 Å². The number of carbonyl (C=O) groups is 1. The van der Waals surface area contributed by atoms with E-state index in [1.807, 2.05) is 17.0 Å². The number of carbonyl (C=O) groups excluding carboxylic acids is 1. The van der Waals surface area contributed by atoms with Crippen molar-refractivity contribution < 1.29 is 17.9 Å². The maximum atomic E-state index is 12.8. The van der Waals surface area contributed by atoms with Gasteiger partial charge in [-0.05, 0) is 30.3 Å².